The molecule has 6 nitrogen and oxygen atoms in total. The van der Waals surface area contributed by atoms with Gasteiger partial charge in [0, 0.05) is 19.8 Å². The van der Waals surface area contributed by atoms with Crippen LogP contribution in [0.2, 0.25) is 0 Å². The van der Waals surface area contributed by atoms with Crippen LogP contribution in [0.4, 0.5) is 11.4 Å². The molecule has 1 aromatic carbocycles. The monoisotopic (exact) mass is 278 g/mol. The molecule has 2 atom stereocenters. The van der Waals surface area contributed by atoms with Gasteiger partial charge in [-0.1, -0.05) is 0 Å². The van der Waals surface area contributed by atoms with Crippen LogP contribution in [0, 0.1) is 0 Å². The van der Waals surface area contributed by atoms with Gasteiger partial charge in [-0.25, -0.2) is 4.99 Å². The van der Waals surface area contributed by atoms with Crippen molar-refractivity contribution < 1.29 is 9.90 Å². The summed E-state index contributed by atoms with van der Waals surface area (Å²) in [5.41, 5.74) is 6.97. The second-order valence-corrected chi connectivity index (χ2v) is 4.86. The topological polar surface area (TPSA) is 91.0 Å². The van der Waals surface area contributed by atoms with Gasteiger partial charge in [-0.05, 0) is 38.1 Å². The van der Waals surface area contributed by atoms with Gasteiger partial charge in [0.25, 0.3) is 0 Å². The highest BCUT2D eigenvalue weighted by molar-refractivity contribution is 5.95. The van der Waals surface area contributed by atoms with Crippen LogP contribution in [-0.4, -0.2) is 48.0 Å². The summed E-state index contributed by atoms with van der Waals surface area (Å²) < 4.78 is 0. The highest BCUT2D eigenvalue weighted by atomic mass is 16.3. The molecule has 110 valence electrons. The lowest BCUT2D eigenvalue weighted by Crippen LogP contribution is -2.43. The third kappa shape index (κ3) is 4.64. The molecule has 0 radical (unpaired) electrons. The molecule has 0 aromatic heterocycles. The molecule has 0 fully saturated rings. The van der Waals surface area contributed by atoms with Gasteiger partial charge in [0.05, 0.1) is 11.8 Å². The van der Waals surface area contributed by atoms with Gasteiger partial charge in [-0.15, -0.1) is 0 Å². The predicted molar refractivity (Wildman–Crippen MR) is 81.2 cm³/mol. The molecule has 1 amide bonds. The molecule has 4 N–H and O–H groups in total. The summed E-state index contributed by atoms with van der Waals surface area (Å²) in [6.45, 7) is 3.39. The number of aliphatic imine (C=N–C) groups is 1. The van der Waals surface area contributed by atoms with Crippen LogP contribution >= 0.6 is 0 Å². The first-order valence-electron chi connectivity index (χ1n) is 6.38. The van der Waals surface area contributed by atoms with Gasteiger partial charge in [-0.3, -0.25) is 4.79 Å². The third-order valence-electron chi connectivity index (χ3n) is 2.90. The van der Waals surface area contributed by atoms with E-state index in [-0.39, 0.29) is 0 Å². The zero-order chi connectivity index (χ0) is 15.3. The van der Waals surface area contributed by atoms with Crippen LogP contribution in [-0.2, 0) is 4.79 Å². The Balaban J connectivity index is 2.73. The molecule has 0 bridgehead atoms. The Bertz CT molecular complexity index is 480. The normalized spacial score (nSPS) is 14.6. The standard InChI is InChI=1S/C14H22N4O2/c1-9(19)13(15)14(20)17-12-7-5-11(6-8-12)16-10(2)18(3)4/h5-9,13,19H,15H2,1-4H3,(H,17,20)/t9-,13+/m1/s1. The summed E-state index contributed by atoms with van der Waals surface area (Å²) in [6.07, 6.45) is -0.887. The Labute approximate surface area is 119 Å². The number of amides is 1. The summed E-state index contributed by atoms with van der Waals surface area (Å²) in [6, 6.07) is 6.15. The number of carbonyl (C=O) groups excluding carboxylic acids is 1. The number of hydrogen-bond acceptors (Lipinski definition) is 4. The van der Waals surface area contributed by atoms with Gasteiger partial charge in [0.2, 0.25) is 5.91 Å². The van der Waals surface area contributed by atoms with E-state index in [0.29, 0.717) is 5.69 Å². The summed E-state index contributed by atoms with van der Waals surface area (Å²) >= 11 is 0. The lowest BCUT2D eigenvalue weighted by atomic mass is 10.2. The number of nitrogens with two attached hydrogens (primary N) is 1. The van der Waals surface area contributed by atoms with Crippen LogP contribution in [0.3, 0.4) is 0 Å². The van der Waals surface area contributed by atoms with Crippen LogP contribution in [0.25, 0.3) is 0 Å². The van der Waals surface area contributed by atoms with Gasteiger partial charge in [0.1, 0.15) is 11.9 Å². The molecule has 0 aliphatic carbocycles. The fourth-order valence-electron chi connectivity index (χ4n) is 1.35. The number of nitrogens with one attached hydrogen (secondary N) is 1. The lowest BCUT2D eigenvalue weighted by molar-refractivity contribution is -0.119. The quantitative estimate of drug-likeness (QED) is 0.565. The highest BCUT2D eigenvalue weighted by Gasteiger charge is 2.18. The number of anilines is 1. The lowest BCUT2D eigenvalue weighted by Gasteiger charge is -2.14. The second-order valence-electron chi connectivity index (χ2n) is 4.86. The molecular weight excluding hydrogens is 256 g/mol. The fraction of sp³-hybridized carbons (Fsp3) is 0.429. The zero-order valence-corrected chi connectivity index (χ0v) is 12.3. The van der Waals surface area contributed by atoms with E-state index in [1.165, 1.54) is 6.92 Å². The molecule has 1 aromatic rings. The molecule has 0 heterocycles. The van der Waals surface area contributed by atoms with E-state index in [0.717, 1.165) is 11.5 Å². The number of hydrogen-bond donors (Lipinski definition) is 3. The van der Waals surface area contributed by atoms with Crippen molar-refractivity contribution in [2.75, 3.05) is 19.4 Å². The van der Waals surface area contributed by atoms with Crippen molar-refractivity contribution in [3.8, 4) is 0 Å². The SMILES string of the molecule is CC(=Nc1ccc(NC(=O)[C@@H](N)[C@@H](C)O)cc1)N(C)C. The van der Waals surface area contributed by atoms with E-state index in [1.807, 2.05) is 25.9 Å². The Morgan fingerprint density at radius 2 is 1.90 bits per heavy atom. The molecular formula is C14H22N4O2. The van der Waals surface area contributed by atoms with Crippen molar-refractivity contribution in [2.45, 2.75) is 26.0 Å². The van der Waals surface area contributed by atoms with Crippen LogP contribution in [0.15, 0.2) is 29.3 Å². The maximum absolute atomic E-state index is 11.7. The van der Waals surface area contributed by atoms with E-state index in [9.17, 15) is 9.90 Å². The van der Waals surface area contributed by atoms with Gasteiger partial charge < -0.3 is 21.1 Å². The van der Waals surface area contributed by atoms with Gasteiger partial charge in [-0.2, -0.15) is 0 Å². The Morgan fingerprint density at radius 1 is 1.35 bits per heavy atom. The minimum atomic E-state index is -0.941. The van der Waals surface area contributed by atoms with Crippen molar-refractivity contribution in [3.63, 3.8) is 0 Å². The van der Waals surface area contributed by atoms with E-state index in [4.69, 9.17) is 5.73 Å². The number of aliphatic hydroxyl groups excluding tert-OH is 1. The number of rotatable bonds is 4. The Morgan fingerprint density at radius 3 is 2.35 bits per heavy atom. The van der Waals surface area contributed by atoms with Crippen molar-refractivity contribution in [3.05, 3.63) is 24.3 Å². The van der Waals surface area contributed by atoms with Crippen LogP contribution < -0.4 is 11.1 Å². The summed E-state index contributed by atoms with van der Waals surface area (Å²) in [5, 5.41) is 11.9. The second kappa shape index (κ2) is 7.02. The largest absolute Gasteiger partial charge is 0.391 e. The first kappa shape index (κ1) is 16.1. The molecule has 6 heteroatoms. The van der Waals surface area contributed by atoms with Crippen molar-refractivity contribution in [2.24, 2.45) is 10.7 Å². The number of nitrogens with zero attached hydrogens (tertiary/aromatic N) is 2. The molecule has 0 saturated heterocycles. The molecule has 0 aliphatic rings. The molecule has 0 unspecified atom stereocenters. The summed E-state index contributed by atoms with van der Waals surface area (Å²) in [4.78, 5) is 18.0. The van der Waals surface area contributed by atoms with Crippen LogP contribution in [0.1, 0.15) is 13.8 Å². The number of amidine groups is 1. The number of aliphatic hydroxyl groups is 1. The highest BCUT2D eigenvalue weighted by Crippen LogP contribution is 2.17. The summed E-state index contributed by atoms with van der Waals surface area (Å²) in [7, 11) is 3.84. The van der Waals surface area contributed by atoms with Crippen molar-refractivity contribution in [1.29, 1.82) is 0 Å². The van der Waals surface area contributed by atoms with Gasteiger partial charge >= 0.3 is 0 Å². The zero-order valence-electron chi connectivity index (χ0n) is 12.3. The van der Waals surface area contributed by atoms with E-state index >= 15 is 0 Å². The molecule has 0 aliphatic heterocycles. The van der Waals surface area contributed by atoms with Crippen molar-refractivity contribution in [1.82, 2.24) is 4.90 Å². The molecule has 1 rings (SSSR count). The third-order valence-corrected chi connectivity index (χ3v) is 2.90. The minimum absolute atomic E-state index is 0.416. The van der Waals surface area contributed by atoms with E-state index in [2.05, 4.69) is 10.3 Å². The van der Waals surface area contributed by atoms with Gasteiger partial charge in [0.15, 0.2) is 0 Å². The van der Waals surface area contributed by atoms with E-state index < -0.39 is 18.1 Å². The Hall–Kier alpha value is -1.92. The average molecular weight is 278 g/mol. The smallest absolute Gasteiger partial charge is 0.243 e. The maximum atomic E-state index is 11.7. The molecule has 0 saturated carbocycles. The molecule has 20 heavy (non-hydrogen) atoms. The van der Waals surface area contributed by atoms with Crippen molar-refractivity contribution >= 4 is 23.1 Å². The molecule has 0 spiro atoms. The minimum Gasteiger partial charge on any atom is -0.391 e. The fourth-order valence-corrected chi connectivity index (χ4v) is 1.35. The Kier molecular flexibility index (Phi) is 5.66. The maximum Gasteiger partial charge on any atom is 0.243 e. The first-order valence-corrected chi connectivity index (χ1v) is 6.38. The van der Waals surface area contributed by atoms with Crippen LogP contribution in [0.5, 0.6) is 0 Å². The predicted octanol–water partition coefficient (Wildman–Crippen LogP) is 0.945. The number of benzene rings is 1. The van der Waals surface area contributed by atoms with E-state index in [1.54, 1.807) is 24.3 Å². The summed E-state index contributed by atoms with van der Waals surface area (Å²) in [5.74, 6) is 0.471. The number of carbonyl (C=O) groups is 1. The average Bonchev–Trinajstić information content (AvgIpc) is 2.39. The first-order chi connectivity index (χ1) is 9.31.